The number of nitrogens with zero attached hydrogens (tertiary/aromatic N) is 1. The first kappa shape index (κ1) is 18.8. The minimum atomic E-state index is -0.664. The van der Waals surface area contributed by atoms with Crippen molar-refractivity contribution in [1.82, 2.24) is 10.9 Å². The molecule has 0 bridgehead atoms. The number of amides is 2. The van der Waals surface area contributed by atoms with Crippen LogP contribution in [-0.4, -0.2) is 16.7 Å². The number of hydrazine groups is 1. The summed E-state index contributed by atoms with van der Waals surface area (Å²) in [6.45, 7) is 0. The summed E-state index contributed by atoms with van der Waals surface area (Å²) < 4.78 is 4.91. The minimum Gasteiger partial charge on any atom is -0.401 e. The van der Waals surface area contributed by atoms with Crippen molar-refractivity contribution >= 4 is 35.1 Å². The molecule has 0 fully saturated rings. The van der Waals surface area contributed by atoms with E-state index in [9.17, 15) is 19.7 Å². The predicted octanol–water partition coefficient (Wildman–Crippen LogP) is 3.38. The maximum atomic E-state index is 12.3. The van der Waals surface area contributed by atoms with Crippen LogP contribution < -0.4 is 10.9 Å². The van der Waals surface area contributed by atoms with Gasteiger partial charge in [-0.15, -0.1) is 11.3 Å². The SMILES string of the molecule is O=C(/C=C/c1ccc([N+](=O)[O-])o1)NNC(=O)c1cc2c(s1)CCCCCC2. The van der Waals surface area contributed by atoms with Gasteiger partial charge in [-0.05, 0) is 49.5 Å². The second-order valence-electron chi connectivity index (χ2n) is 6.18. The zero-order chi connectivity index (χ0) is 19.2. The van der Waals surface area contributed by atoms with Crippen molar-refractivity contribution < 1.29 is 18.9 Å². The van der Waals surface area contributed by atoms with Crippen molar-refractivity contribution in [1.29, 1.82) is 0 Å². The summed E-state index contributed by atoms with van der Waals surface area (Å²) in [5.74, 6) is -1.17. The minimum absolute atomic E-state index is 0.168. The highest BCUT2D eigenvalue weighted by molar-refractivity contribution is 7.14. The van der Waals surface area contributed by atoms with Gasteiger partial charge in [0.15, 0.2) is 0 Å². The van der Waals surface area contributed by atoms with E-state index in [-0.39, 0.29) is 11.7 Å². The number of hydrogen-bond donors (Lipinski definition) is 2. The number of nitro groups is 1. The van der Waals surface area contributed by atoms with Gasteiger partial charge in [-0.2, -0.15) is 0 Å². The highest BCUT2D eigenvalue weighted by Crippen LogP contribution is 2.28. The molecule has 0 atom stereocenters. The molecule has 0 spiro atoms. The maximum Gasteiger partial charge on any atom is 0.433 e. The van der Waals surface area contributed by atoms with Crippen LogP contribution in [0.25, 0.3) is 6.08 Å². The molecule has 27 heavy (non-hydrogen) atoms. The number of carbonyl (C=O) groups is 2. The van der Waals surface area contributed by atoms with Crippen LogP contribution in [0.15, 0.2) is 28.7 Å². The number of carbonyl (C=O) groups excluding carboxylic acids is 2. The fourth-order valence-electron chi connectivity index (χ4n) is 2.87. The van der Waals surface area contributed by atoms with E-state index in [1.165, 1.54) is 52.8 Å². The maximum absolute atomic E-state index is 12.3. The lowest BCUT2D eigenvalue weighted by molar-refractivity contribution is -0.402. The fraction of sp³-hybridized carbons (Fsp3) is 0.333. The van der Waals surface area contributed by atoms with Crippen molar-refractivity contribution in [2.24, 2.45) is 0 Å². The van der Waals surface area contributed by atoms with Gasteiger partial charge in [0.25, 0.3) is 11.8 Å². The Bertz CT molecular complexity index is 858. The molecule has 142 valence electrons. The summed E-state index contributed by atoms with van der Waals surface area (Å²) in [6.07, 6.45) is 9.11. The fourth-order valence-corrected chi connectivity index (χ4v) is 4.01. The standard InChI is InChI=1S/C18H19N3O5S/c22-16(9-7-13-8-10-17(26-13)21(24)25)19-20-18(23)15-11-12-5-3-1-2-4-6-14(12)27-15/h7-11H,1-6H2,(H,19,22)(H,20,23)/b9-7+. The summed E-state index contributed by atoms with van der Waals surface area (Å²) in [7, 11) is 0. The quantitative estimate of drug-likeness (QED) is 0.473. The second kappa shape index (κ2) is 8.63. The normalized spacial score (nSPS) is 14.2. The van der Waals surface area contributed by atoms with E-state index in [0.717, 1.165) is 31.8 Å². The smallest absolute Gasteiger partial charge is 0.401 e. The van der Waals surface area contributed by atoms with E-state index in [0.29, 0.717) is 4.88 Å². The van der Waals surface area contributed by atoms with Crippen molar-refractivity contribution in [3.63, 3.8) is 0 Å². The summed E-state index contributed by atoms with van der Waals surface area (Å²) in [6, 6.07) is 4.48. The Labute approximate surface area is 159 Å². The van der Waals surface area contributed by atoms with Gasteiger partial charge in [0.1, 0.15) is 10.7 Å². The summed E-state index contributed by atoms with van der Waals surface area (Å²) in [5.41, 5.74) is 5.90. The van der Waals surface area contributed by atoms with Gasteiger partial charge in [0.05, 0.1) is 10.9 Å². The van der Waals surface area contributed by atoms with Crippen LogP contribution in [0.1, 0.15) is 51.6 Å². The Hall–Kier alpha value is -2.94. The zero-order valence-corrected chi connectivity index (χ0v) is 15.3. The molecule has 2 amide bonds. The van der Waals surface area contributed by atoms with Crippen molar-refractivity contribution in [3.8, 4) is 0 Å². The lowest BCUT2D eigenvalue weighted by Crippen LogP contribution is -2.40. The van der Waals surface area contributed by atoms with Crippen LogP contribution in [0.3, 0.4) is 0 Å². The van der Waals surface area contributed by atoms with Gasteiger partial charge >= 0.3 is 5.88 Å². The number of hydrogen-bond acceptors (Lipinski definition) is 6. The molecule has 9 heteroatoms. The summed E-state index contributed by atoms with van der Waals surface area (Å²) in [4.78, 5) is 35.8. The van der Waals surface area contributed by atoms with Gasteiger partial charge in [-0.25, -0.2) is 0 Å². The molecule has 3 rings (SSSR count). The van der Waals surface area contributed by atoms with Crippen LogP contribution in [0, 0.1) is 10.1 Å². The Morgan fingerprint density at radius 3 is 2.67 bits per heavy atom. The number of aryl methyl sites for hydroxylation is 2. The highest BCUT2D eigenvalue weighted by atomic mass is 32.1. The first-order chi connectivity index (χ1) is 13.0. The molecule has 1 aliphatic carbocycles. The molecule has 0 radical (unpaired) electrons. The molecule has 0 aromatic carbocycles. The van der Waals surface area contributed by atoms with Crippen LogP contribution >= 0.6 is 11.3 Å². The average molecular weight is 389 g/mol. The molecule has 0 aliphatic heterocycles. The molecule has 2 heterocycles. The van der Waals surface area contributed by atoms with Gasteiger partial charge in [-0.1, -0.05) is 12.8 Å². The van der Waals surface area contributed by atoms with Crippen LogP contribution in [-0.2, 0) is 17.6 Å². The van der Waals surface area contributed by atoms with Gasteiger partial charge in [0.2, 0.25) is 0 Å². The molecule has 0 saturated carbocycles. The largest absolute Gasteiger partial charge is 0.433 e. The van der Waals surface area contributed by atoms with Gasteiger partial charge in [-0.3, -0.25) is 30.6 Å². The molecule has 2 aromatic heterocycles. The lowest BCUT2D eigenvalue weighted by Gasteiger charge is -2.07. The number of fused-ring (bicyclic) bond motifs is 1. The van der Waals surface area contributed by atoms with Gasteiger partial charge < -0.3 is 4.42 Å². The molecule has 0 unspecified atom stereocenters. The molecular weight excluding hydrogens is 370 g/mol. The Balaban J connectivity index is 1.53. The average Bonchev–Trinajstić information content (AvgIpc) is 3.25. The third-order valence-corrected chi connectivity index (χ3v) is 5.45. The molecular formula is C18H19N3O5S. The van der Waals surface area contributed by atoms with E-state index in [2.05, 4.69) is 10.9 Å². The monoisotopic (exact) mass is 389 g/mol. The van der Waals surface area contributed by atoms with E-state index < -0.39 is 16.7 Å². The molecule has 2 N–H and O–H groups in total. The summed E-state index contributed by atoms with van der Waals surface area (Å²) in [5, 5.41) is 10.5. The Morgan fingerprint density at radius 2 is 1.93 bits per heavy atom. The van der Waals surface area contributed by atoms with E-state index in [1.807, 2.05) is 6.07 Å². The molecule has 8 nitrogen and oxygen atoms in total. The number of furan rings is 1. The number of thiophene rings is 1. The Morgan fingerprint density at radius 1 is 1.15 bits per heavy atom. The van der Waals surface area contributed by atoms with E-state index in [4.69, 9.17) is 4.42 Å². The van der Waals surface area contributed by atoms with Gasteiger partial charge in [0, 0.05) is 11.0 Å². The van der Waals surface area contributed by atoms with Crippen LogP contribution in [0.5, 0.6) is 0 Å². The molecule has 0 saturated heterocycles. The molecule has 2 aromatic rings. The predicted molar refractivity (Wildman–Crippen MR) is 100 cm³/mol. The van der Waals surface area contributed by atoms with Crippen LogP contribution in [0.4, 0.5) is 5.88 Å². The van der Waals surface area contributed by atoms with E-state index in [1.54, 1.807) is 0 Å². The van der Waals surface area contributed by atoms with Crippen molar-refractivity contribution in [3.05, 3.63) is 55.5 Å². The highest BCUT2D eigenvalue weighted by Gasteiger charge is 2.16. The third-order valence-electron chi connectivity index (χ3n) is 4.21. The molecule has 1 aliphatic rings. The van der Waals surface area contributed by atoms with Crippen molar-refractivity contribution in [2.45, 2.75) is 38.5 Å². The van der Waals surface area contributed by atoms with Crippen LogP contribution in [0.2, 0.25) is 0 Å². The lowest BCUT2D eigenvalue weighted by atomic mass is 10.00. The second-order valence-corrected chi connectivity index (χ2v) is 7.32. The van der Waals surface area contributed by atoms with E-state index >= 15 is 0 Å². The van der Waals surface area contributed by atoms with Crippen molar-refractivity contribution in [2.75, 3.05) is 0 Å². The topological polar surface area (TPSA) is 114 Å². The Kier molecular flexibility index (Phi) is 6.02. The first-order valence-electron chi connectivity index (χ1n) is 8.67. The third kappa shape index (κ3) is 5.04. The zero-order valence-electron chi connectivity index (χ0n) is 14.5. The number of nitrogens with one attached hydrogen (secondary N) is 2. The summed E-state index contributed by atoms with van der Waals surface area (Å²) >= 11 is 1.47. The number of rotatable bonds is 4. The first-order valence-corrected chi connectivity index (χ1v) is 9.49.